The van der Waals surface area contributed by atoms with Crippen LogP contribution in [0.4, 0.5) is 5.69 Å². The third-order valence-corrected chi connectivity index (χ3v) is 6.46. The zero-order valence-corrected chi connectivity index (χ0v) is 14.3. The van der Waals surface area contributed by atoms with Gasteiger partial charge in [-0.05, 0) is 42.4 Å². The zero-order chi connectivity index (χ0) is 15.8. The number of benzene rings is 1. The average Bonchev–Trinajstić information content (AvgIpc) is 2.40. The number of hydrogen-bond acceptors (Lipinski definition) is 3. The van der Waals surface area contributed by atoms with Gasteiger partial charge in [-0.15, -0.1) is 0 Å². The number of hydrogen-bond donors (Lipinski definition) is 1. The minimum Gasteiger partial charge on any atom is -0.398 e. The van der Waals surface area contributed by atoms with Gasteiger partial charge in [-0.2, -0.15) is 4.31 Å². The molecule has 0 radical (unpaired) electrons. The molecule has 1 heterocycles. The monoisotopic (exact) mass is 330 g/mol. The van der Waals surface area contributed by atoms with Gasteiger partial charge in [0, 0.05) is 18.1 Å². The fraction of sp³-hybridized carbons (Fsp3) is 0.600. The Morgan fingerprint density at radius 1 is 1.24 bits per heavy atom. The molecule has 0 atom stereocenters. The van der Waals surface area contributed by atoms with Crippen LogP contribution in [0.5, 0.6) is 0 Å². The minimum atomic E-state index is -3.56. The van der Waals surface area contributed by atoms with Gasteiger partial charge < -0.3 is 5.73 Å². The summed E-state index contributed by atoms with van der Waals surface area (Å²) in [4.78, 5) is 0.115. The van der Waals surface area contributed by atoms with Crippen LogP contribution in [-0.2, 0) is 10.0 Å². The fourth-order valence-corrected chi connectivity index (χ4v) is 4.68. The van der Waals surface area contributed by atoms with Crippen LogP contribution in [0.1, 0.15) is 33.6 Å². The largest absolute Gasteiger partial charge is 0.398 e. The van der Waals surface area contributed by atoms with Crippen molar-refractivity contribution >= 4 is 27.3 Å². The molecule has 118 valence electrons. The third-order valence-electron chi connectivity index (χ3n) is 4.27. The number of anilines is 1. The number of piperidine rings is 1. The highest BCUT2D eigenvalue weighted by atomic mass is 35.5. The van der Waals surface area contributed by atoms with Crippen LogP contribution in [0, 0.1) is 11.3 Å². The molecule has 0 saturated carbocycles. The van der Waals surface area contributed by atoms with Crippen LogP contribution >= 0.6 is 11.6 Å². The predicted octanol–water partition coefficient (Wildman–Crippen LogP) is 3.37. The Bertz CT molecular complexity index is 615. The highest BCUT2D eigenvalue weighted by Crippen LogP contribution is 2.36. The van der Waals surface area contributed by atoms with Crippen molar-refractivity contribution in [2.24, 2.45) is 11.3 Å². The standard InChI is InChI=1S/C15H23ClN2O2S/c1-15(2,3)11-6-8-18(9-7-11)21(19,20)14-10-12(16)4-5-13(14)17/h4-5,10-11H,6-9,17H2,1-3H3. The second-order valence-electron chi connectivity index (χ2n) is 6.73. The molecular formula is C15H23ClN2O2S. The Labute approximate surface area is 132 Å². The lowest BCUT2D eigenvalue weighted by Gasteiger charge is -2.38. The lowest BCUT2D eigenvalue weighted by molar-refractivity contribution is 0.154. The van der Waals surface area contributed by atoms with E-state index in [1.807, 2.05) is 0 Å². The Hall–Kier alpha value is -0.780. The maximum Gasteiger partial charge on any atom is 0.245 e. The van der Waals surface area contributed by atoms with E-state index < -0.39 is 10.0 Å². The molecule has 1 aromatic rings. The molecule has 21 heavy (non-hydrogen) atoms. The average molecular weight is 331 g/mol. The Morgan fingerprint density at radius 2 is 1.81 bits per heavy atom. The van der Waals surface area contributed by atoms with Crippen LogP contribution < -0.4 is 5.73 Å². The number of rotatable bonds is 2. The van der Waals surface area contributed by atoms with E-state index in [4.69, 9.17) is 17.3 Å². The number of nitrogens with zero attached hydrogens (tertiary/aromatic N) is 1. The van der Waals surface area contributed by atoms with E-state index in [1.54, 1.807) is 6.07 Å². The first-order valence-electron chi connectivity index (χ1n) is 7.17. The number of halogens is 1. The topological polar surface area (TPSA) is 63.4 Å². The second kappa shape index (κ2) is 5.78. The molecule has 1 saturated heterocycles. The predicted molar refractivity (Wildman–Crippen MR) is 86.8 cm³/mol. The van der Waals surface area contributed by atoms with E-state index in [0.29, 0.717) is 24.0 Å². The van der Waals surface area contributed by atoms with Crippen molar-refractivity contribution < 1.29 is 8.42 Å². The van der Waals surface area contributed by atoms with E-state index in [1.165, 1.54) is 16.4 Å². The molecule has 2 rings (SSSR count). The Morgan fingerprint density at radius 3 is 2.33 bits per heavy atom. The highest BCUT2D eigenvalue weighted by Gasteiger charge is 2.34. The molecule has 0 amide bonds. The first-order chi connectivity index (χ1) is 9.62. The van der Waals surface area contributed by atoms with E-state index in [-0.39, 0.29) is 16.0 Å². The quantitative estimate of drug-likeness (QED) is 0.845. The Balaban J connectivity index is 2.21. The van der Waals surface area contributed by atoms with Gasteiger partial charge in [0.1, 0.15) is 4.90 Å². The lowest BCUT2D eigenvalue weighted by Crippen LogP contribution is -2.41. The molecule has 0 bridgehead atoms. The van der Waals surface area contributed by atoms with Crippen molar-refractivity contribution in [3.63, 3.8) is 0 Å². The molecule has 6 heteroatoms. The van der Waals surface area contributed by atoms with Crippen LogP contribution in [0.2, 0.25) is 5.02 Å². The smallest absolute Gasteiger partial charge is 0.245 e. The molecule has 0 aromatic heterocycles. The van der Waals surface area contributed by atoms with E-state index in [2.05, 4.69) is 20.8 Å². The van der Waals surface area contributed by atoms with E-state index in [0.717, 1.165) is 12.8 Å². The summed E-state index contributed by atoms with van der Waals surface area (Å²) in [6.07, 6.45) is 1.76. The summed E-state index contributed by atoms with van der Waals surface area (Å²) in [5.41, 5.74) is 6.28. The molecule has 0 aliphatic carbocycles. The fourth-order valence-electron chi connectivity index (χ4n) is 2.83. The van der Waals surface area contributed by atoms with Gasteiger partial charge in [0.15, 0.2) is 0 Å². The van der Waals surface area contributed by atoms with Crippen molar-refractivity contribution in [1.29, 1.82) is 0 Å². The summed E-state index contributed by atoms with van der Waals surface area (Å²) < 4.78 is 26.9. The highest BCUT2D eigenvalue weighted by molar-refractivity contribution is 7.89. The summed E-state index contributed by atoms with van der Waals surface area (Å²) in [7, 11) is -3.56. The molecule has 0 spiro atoms. The van der Waals surface area contributed by atoms with Crippen LogP contribution in [0.3, 0.4) is 0 Å². The second-order valence-corrected chi connectivity index (χ2v) is 9.07. The molecular weight excluding hydrogens is 308 g/mol. The number of sulfonamides is 1. The summed E-state index contributed by atoms with van der Waals surface area (Å²) in [6, 6.07) is 4.57. The van der Waals surface area contributed by atoms with E-state index in [9.17, 15) is 8.42 Å². The van der Waals surface area contributed by atoms with Crippen LogP contribution in [0.25, 0.3) is 0 Å². The molecule has 1 fully saturated rings. The molecule has 2 N–H and O–H groups in total. The Kier molecular flexibility index (Phi) is 4.57. The van der Waals surface area contributed by atoms with Gasteiger partial charge >= 0.3 is 0 Å². The normalized spacial score (nSPS) is 18.9. The van der Waals surface area contributed by atoms with Crippen LogP contribution in [0.15, 0.2) is 23.1 Å². The first kappa shape index (κ1) is 16.6. The lowest BCUT2D eigenvalue weighted by atomic mass is 9.76. The van der Waals surface area contributed by atoms with Gasteiger partial charge in [-0.3, -0.25) is 0 Å². The SMILES string of the molecule is CC(C)(C)C1CCN(S(=O)(=O)c2cc(Cl)ccc2N)CC1. The van der Waals surface area contributed by atoms with E-state index >= 15 is 0 Å². The zero-order valence-electron chi connectivity index (χ0n) is 12.8. The molecule has 1 aliphatic rings. The van der Waals surface area contributed by atoms with Crippen molar-refractivity contribution in [2.45, 2.75) is 38.5 Å². The van der Waals surface area contributed by atoms with Gasteiger partial charge in [-0.25, -0.2) is 8.42 Å². The van der Waals surface area contributed by atoms with Crippen molar-refractivity contribution in [2.75, 3.05) is 18.8 Å². The molecule has 1 aliphatic heterocycles. The van der Waals surface area contributed by atoms with Gasteiger partial charge in [0.05, 0.1) is 5.69 Å². The van der Waals surface area contributed by atoms with Gasteiger partial charge in [0.25, 0.3) is 0 Å². The maximum atomic E-state index is 12.7. The van der Waals surface area contributed by atoms with Gasteiger partial charge in [0.2, 0.25) is 10.0 Å². The number of nitrogens with two attached hydrogens (primary N) is 1. The molecule has 0 unspecified atom stereocenters. The number of nitrogen functional groups attached to an aromatic ring is 1. The summed E-state index contributed by atoms with van der Waals surface area (Å²) in [6.45, 7) is 7.69. The van der Waals surface area contributed by atoms with Crippen molar-refractivity contribution in [3.05, 3.63) is 23.2 Å². The van der Waals surface area contributed by atoms with Crippen molar-refractivity contribution in [3.8, 4) is 0 Å². The first-order valence-corrected chi connectivity index (χ1v) is 8.99. The maximum absolute atomic E-state index is 12.7. The van der Waals surface area contributed by atoms with Crippen molar-refractivity contribution in [1.82, 2.24) is 4.31 Å². The minimum absolute atomic E-state index is 0.115. The summed E-state index contributed by atoms with van der Waals surface area (Å²) >= 11 is 5.91. The summed E-state index contributed by atoms with van der Waals surface area (Å²) in [5.74, 6) is 0.542. The summed E-state index contributed by atoms with van der Waals surface area (Å²) in [5, 5.41) is 0.382. The molecule has 4 nitrogen and oxygen atoms in total. The molecule has 1 aromatic carbocycles. The van der Waals surface area contributed by atoms with Crippen LogP contribution in [-0.4, -0.2) is 25.8 Å². The third kappa shape index (κ3) is 3.52. The van der Waals surface area contributed by atoms with Gasteiger partial charge in [-0.1, -0.05) is 32.4 Å².